The smallest absolute Gasteiger partial charge is 0.359 e. The van der Waals surface area contributed by atoms with Crippen LogP contribution in [0.15, 0.2) is 6.33 Å². The van der Waals surface area contributed by atoms with Gasteiger partial charge in [0.15, 0.2) is 11.3 Å². The summed E-state index contributed by atoms with van der Waals surface area (Å²) in [5.41, 5.74) is 0.992. The number of esters is 1. The lowest BCUT2D eigenvalue weighted by Gasteiger charge is -2.02. The molecule has 2 aromatic rings. The highest BCUT2D eigenvalue weighted by atomic mass is 35.5. The van der Waals surface area contributed by atoms with E-state index < -0.39 is 5.97 Å². The van der Waals surface area contributed by atoms with Gasteiger partial charge < -0.3 is 9.30 Å². The normalized spacial score (nSPS) is 10.7. The van der Waals surface area contributed by atoms with E-state index in [2.05, 4.69) is 15.0 Å². The number of aromatic nitrogens is 4. The van der Waals surface area contributed by atoms with E-state index in [0.29, 0.717) is 11.2 Å². The standard InChI is InChI=1S/C9H9ClN4O2/c1-3-16-8(15)6-5-7(13-9(10)12-6)14(2)4-11-5/h4H,3H2,1-2H3. The lowest BCUT2D eigenvalue weighted by Crippen LogP contribution is -2.09. The summed E-state index contributed by atoms with van der Waals surface area (Å²) in [5, 5.41) is -0.000784. The lowest BCUT2D eigenvalue weighted by molar-refractivity contribution is 0.0521. The van der Waals surface area contributed by atoms with Crippen molar-refractivity contribution in [2.75, 3.05) is 6.61 Å². The van der Waals surface area contributed by atoms with Crippen molar-refractivity contribution >= 4 is 28.7 Å². The number of halogens is 1. The molecule has 0 aliphatic carbocycles. The molecule has 0 aromatic carbocycles. The highest BCUT2D eigenvalue weighted by Crippen LogP contribution is 2.16. The minimum Gasteiger partial charge on any atom is -0.461 e. The molecule has 0 atom stereocenters. The van der Waals surface area contributed by atoms with Crippen LogP contribution in [0, 0.1) is 0 Å². The van der Waals surface area contributed by atoms with Gasteiger partial charge in [-0.3, -0.25) is 0 Å². The van der Waals surface area contributed by atoms with Crippen LogP contribution in [0.1, 0.15) is 17.4 Å². The highest BCUT2D eigenvalue weighted by Gasteiger charge is 2.18. The molecule has 0 radical (unpaired) electrons. The van der Waals surface area contributed by atoms with Gasteiger partial charge in [-0.15, -0.1) is 0 Å². The number of nitrogens with zero attached hydrogens (tertiary/aromatic N) is 4. The summed E-state index contributed by atoms with van der Waals surface area (Å²) >= 11 is 5.73. The Kier molecular flexibility index (Phi) is 2.74. The molecule has 7 heteroatoms. The van der Waals surface area contributed by atoms with Crippen LogP contribution in [0.3, 0.4) is 0 Å². The summed E-state index contributed by atoms with van der Waals surface area (Å²) in [7, 11) is 1.76. The number of ether oxygens (including phenoxy) is 1. The number of aryl methyl sites for hydroxylation is 1. The lowest BCUT2D eigenvalue weighted by atomic mass is 10.3. The molecule has 84 valence electrons. The van der Waals surface area contributed by atoms with E-state index in [1.165, 1.54) is 0 Å². The van der Waals surface area contributed by atoms with Gasteiger partial charge in [-0.05, 0) is 18.5 Å². The number of carbonyl (C=O) groups is 1. The number of rotatable bonds is 2. The first-order chi connectivity index (χ1) is 7.63. The molecule has 2 rings (SSSR count). The third-order valence-corrected chi connectivity index (χ3v) is 2.17. The Labute approximate surface area is 96.2 Å². The number of hydrogen-bond donors (Lipinski definition) is 0. The number of hydrogen-bond acceptors (Lipinski definition) is 5. The average molecular weight is 241 g/mol. The number of imidazole rings is 1. The van der Waals surface area contributed by atoms with Gasteiger partial charge in [0.25, 0.3) is 0 Å². The van der Waals surface area contributed by atoms with Gasteiger partial charge in [0, 0.05) is 7.05 Å². The molecule has 0 amide bonds. The molecule has 0 saturated heterocycles. The van der Waals surface area contributed by atoms with Crippen molar-refractivity contribution < 1.29 is 9.53 Å². The predicted molar refractivity (Wildman–Crippen MR) is 57.3 cm³/mol. The van der Waals surface area contributed by atoms with Crippen LogP contribution in [-0.4, -0.2) is 32.1 Å². The van der Waals surface area contributed by atoms with E-state index in [1.54, 1.807) is 24.9 Å². The van der Waals surface area contributed by atoms with E-state index >= 15 is 0 Å². The maximum Gasteiger partial charge on any atom is 0.359 e. The number of fused-ring (bicyclic) bond motifs is 1. The van der Waals surface area contributed by atoms with Gasteiger partial charge >= 0.3 is 5.97 Å². The molecule has 0 N–H and O–H groups in total. The summed E-state index contributed by atoms with van der Waals surface area (Å²) in [4.78, 5) is 23.5. The van der Waals surface area contributed by atoms with Gasteiger partial charge in [-0.1, -0.05) is 0 Å². The van der Waals surface area contributed by atoms with Crippen molar-refractivity contribution in [1.29, 1.82) is 0 Å². The highest BCUT2D eigenvalue weighted by molar-refractivity contribution is 6.28. The first-order valence-corrected chi connectivity index (χ1v) is 5.03. The molecule has 6 nitrogen and oxygen atoms in total. The van der Waals surface area contributed by atoms with Crippen molar-refractivity contribution in [3.05, 3.63) is 17.3 Å². The Bertz CT molecular complexity index is 552. The second-order valence-electron chi connectivity index (χ2n) is 3.09. The summed E-state index contributed by atoms with van der Waals surface area (Å²) < 4.78 is 6.52. The third-order valence-electron chi connectivity index (χ3n) is 2.00. The maximum atomic E-state index is 11.6. The molecule has 16 heavy (non-hydrogen) atoms. The van der Waals surface area contributed by atoms with Gasteiger partial charge in [0.1, 0.15) is 5.52 Å². The molecular formula is C9H9ClN4O2. The number of carbonyl (C=O) groups excluding carboxylic acids is 1. The van der Waals surface area contributed by atoms with Gasteiger partial charge in [-0.2, -0.15) is 4.98 Å². The molecule has 0 unspecified atom stereocenters. The largest absolute Gasteiger partial charge is 0.461 e. The van der Waals surface area contributed by atoms with Crippen molar-refractivity contribution in [2.45, 2.75) is 6.92 Å². The third kappa shape index (κ3) is 1.71. The van der Waals surface area contributed by atoms with E-state index in [-0.39, 0.29) is 17.6 Å². The molecule has 0 aliphatic rings. The fraction of sp³-hybridized carbons (Fsp3) is 0.333. The van der Waals surface area contributed by atoms with Crippen molar-refractivity contribution in [3.8, 4) is 0 Å². The Morgan fingerprint density at radius 2 is 2.31 bits per heavy atom. The molecule has 2 aromatic heterocycles. The summed E-state index contributed by atoms with van der Waals surface area (Å²) in [6.45, 7) is 1.99. The van der Waals surface area contributed by atoms with Crippen LogP contribution in [0.4, 0.5) is 0 Å². The van der Waals surface area contributed by atoms with E-state index in [9.17, 15) is 4.79 Å². The van der Waals surface area contributed by atoms with Gasteiger partial charge in [0.05, 0.1) is 12.9 Å². The minimum absolute atomic E-state index is 0.000784. The Morgan fingerprint density at radius 1 is 1.56 bits per heavy atom. The van der Waals surface area contributed by atoms with Crippen LogP contribution < -0.4 is 0 Å². The van der Waals surface area contributed by atoms with Gasteiger partial charge in [0.2, 0.25) is 5.28 Å². The zero-order chi connectivity index (χ0) is 11.7. The second kappa shape index (κ2) is 4.05. The van der Waals surface area contributed by atoms with E-state index in [0.717, 1.165) is 0 Å². The average Bonchev–Trinajstić information content (AvgIpc) is 2.60. The maximum absolute atomic E-state index is 11.6. The Morgan fingerprint density at radius 3 is 3.00 bits per heavy atom. The van der Waals surface area contributed by atoms with Crippen molar-refractivity contribution in [1.82, 2.24) is 19.5 Å². The van der Waals surface area contributed by atoms with Crippen LogP contribution in [0.2, 0.25) is 5.28 Å². The SMILES string of the molecule is CCOC(=O)c1nc(Cl)nc2c1ncn2C. The quantitative estimate of drug-likeness (QED) is 0.583. The van der Waals surface area contributed by atoms with Crippen LogP contribution in [0.5, 0.6) is 0 Å². The van der Waals surface area contributed by atoms with Crippen molar-refractivity contribution in [2.24, 2.45) is 7.05 Å². The molecular weight excluding hydrogens is 232 g/mol. The van der Waals surface area contributed by atoms with Crippen LogP contribution in [-0.2, 0) is 11.8 Å². The molecule has 0 saturated carbocycles. The zero-order valence-corrected chi connectivity index (χ0v) is 9.52. The van der Waals surface area contributed by atoms with Gasteiger partial charge in [-0.25, -0.2) is 14.8 Å². The molecule has 2 heterocycles. The minimum atomic E-state index is -0.546. The molecule has 0 spiro atoms. The predicted octanol–water partition coefficient (Wildman–Crippen LogP) is 1.19. The van der Waals surface area contributed by atoms with E-state index in [1.807, 2.05) is 0 Å². The second-order valence-corrected chi connectivity index (χ2v) is 3.43. The zero-order valence-electron chi connectivity index (χ0n) is 8.77. The Balaban J connectivity index is 2.64. The fourth-order valence-corrected chi connectivity index (χ4v) is 1.49. The molecule has 0 aliphatic heterocycles. The van der Waals surface area contributed by atoms with E-state index in [4.69, 9.17) is 16.3 Å². The monoisotopic (exact) mass is 240 g/mol. The summed E-state index contributed by atoms with van der Waals surface area (Å²) in [5.74, 6) is -0.546. The first-order valence-electron chi connectivity index (χ1n) is 4.65. The molecule has 0 bridgehead atoms. The topological polar surface area (TPSA) is 69.9 Å². The van der Waals surface area contributed by atoms with Crippen LogP contribution >= 0.6 is 11.6 Å². The Hall–Kier alpha value is -1.69. The summed E-state index contributed by atoms with van der Waals surface area (Å²) in [6.07, 6.45) is 1.54. The van der Waals surface area contributed by atoms with Crippen LogP contribution in [0.25, 0.3) is 11.2 Å². The summed E-state index contributed by atoms with van der Waals surface area (Å²) in [6, 6.07) is 0. The fourth-order valence-electron chi connectivity index (χ4n) is 1.32. The molecule has 0 fully saturated rings. The van der Waals surface area contributed by atoms with Crippen molar-refractivity contribution in [3.63, 3.8) is 0 Å². The first kappa shape index (κ1) is 10.8.